The lowest BCUT2D eigenvalue weighted by Gasteiger charge is -2.14. The van der Waals surface area contributed by atoms with E-state index in [9.17, 15) is 0 Å². The molecule has 0 aliphatic heterocycles. The van der Waals surface area contributed by atoms with Crippen molar-refractivity contribution in [3.05, 3.63) is 124 Å². The monoisotopic (exact) mass is 519 g/mol. The fraction of sp³-hybridized carbons (Fsp3) is 0.147. The Hall–Kier alpha value is -4.02. The van der Waals surface area contributed by atoms with Gasteiger partial charge in [0.2, 0.25) is 0 Å². The first-order chi connectivity index (χ1) is 18.7. The van der Waals surface area contributed by atoms with Crippen molar-refractivity contribution in [2.45, 2.75) is 19.6 Å². The largest absolute Gasteiger partial charge is 0.493 e. The van der Waals surface area contributed by atoms with E-state index in [1.807, 2.05) is 38.1 Å². The van der Waals surface area contributed by atoms with Crippen molar-refractivity contribution in [2.75, 3.05) is 13.2 Å². The molecule has 38 heavy (non-hydrogen) atoms. The second kappa shape index (κ2) is 14.1. The Morgan fingerprint density at radius 1 is 0.579 bits per heavy atom. The van der Waals surface area contributed by atoms with Crippen molar-refractivity contribution in [2.24, 2.45) is 0 Å². The SMILES string of the molecule is CCOc1cc(/C=C/c2ccc(/C=C/c3ccc(CS)cc3)cc2)cc(OCC)c1/C=C/c1ccncc1. The van der Waals surface area contributed by atoms with E-state index in [-0.39, 0.29) is 0 Å². The maximum Gasteiger partial charge on any atom is 0.130 e. The normalized spacial score (nSPS) is 11.6. The molecule has 0 atom stereocenters. The van der Waals surface area contributed by atoms with Crippen molar-refractivity contribution >= 4 is 49.1 Å². The van der Waals surface area contributed by atoms with E-state index in [0.29, 0.717) is 13.2 Å². The molecule has 0 unspecified atom stereocenters. The second-order valence-corrected chi connectivity index (χ2v) is 8.96. The molecule has 192 valence electrons. The van der Waals surface area contributed by atoms with Crippen LogP contribution in [0.1, 0.15) is 52.8 Å². The Kier molecular flexibility index (Phi) is 10.00. The second-order valence-electron chi connectivity index (χ2n) is 8.64. The van der Waals surface area contributed by atoms with E-state index in [2.05, 4.69) is 103 Å². The minimum absolute atomic E-state index is 0.573. The van der Waals surface area contributed by atoms with Gasteiger partial charge in [-0.05, 0) is 77.6 Å². The number of hydrogen-bond donors (Lipinski definition) is 1. The molecule has 0 radical (unpaired) electrons. The lowest BCUT2D eigenvalue weighted by atomic mass is 10.0. The van der Waals surface area contributed by atoms with Crippen LogP contribution in [0.3, 0.4) is 0 Å². The summed E-state index contributed by atoms with van der Waals surface area (Å²) in [7, 11) is 0. The third kappa shape index (κ3) is 7.74. The van der Waals surface area contributed by atoms with Gasteiger partial charge in [0.15, 0.2) is 0 Å². The molecule has 3 nitrogen and oxygen atoms in total. The third-order valence-corrected chi connectivity index (χ3v) is 6.28. The molecule has 0 aliphatic rings. The number of ether oxygens (including phenoxy) is 2. The van der Waals surface area contributed by atoms with Crippen LogP contribution in [0.25, 0.3) is 36.5 Å². The van der Waals surface area contributed by atoms with Gasteiger partial charge in [0, 0.05) is 18.1 Å². The average Bonchev–Trinajstić information content (AvgIpc) is 2.96. The van der Waals surface area contributed by atoms with Crippen LogP contribution in [-0.2, 0) is 5.75 Å². The number of benzene rings is 3. The summed E-state index contributed by atoms with van der Waals surface area (Å²) in [5.74, 6) is 2.35. The molecule has 4 rings (SSSR count). The molecule has 3 aromatic carbocycles. The Balaban J connectivity index is 1.52. The van der Waals surface area contributed by atoms with Crippen molar-refractivity contribution in [3.63, 3.8) is 0 Å². The molecule has 4 aromatic rings. The molecule has 0 aliphatic carbocycles. The standard InChI is InChI=1S/C34H33NO2S/c1-3-36-33-23-31(24-34(37-4-2)32(33)18-17-29-19-21-35-22-20-29)16-13-27-8-5-26(6-9-27)7-10-28-11-14-30(25-38)15-12-28/h5-24,38H,3-4,25H2,1-2H3/b10-7+,16-13+,18-17+. The van der Waals surface area contributed by atoms with Crippen molar-refractivity contribution in [1.29, 1.82) is 0 Å². The van der Waals surface area contributed by atoms with Gasteiger partial charge in [-0.3, -0.25) is 4.98 Å². The zero-order valence-electron chi connectivity index (χ0n) is 21.9. The molecule has 0 saturated heterocycles. The molecular formula is C34H33NO2S. The highest BCUT2D eigenvalue weighted by Crippen LogP contribution is 2.34. The molecule has 0 spiro atoms. The van der Waals surface area contributed by atoms with Gasteiger partial charge in [-0.2, -0.15) is 12.6 Å². The number of nitrogens with zero attached hydrogens (tertiary/aromatic N) is 1. The fourth-order valence-corrected chi connectivity index (χ4v) is 4.13. The first kappa shape index (κ1) is 27.0. The van der Waals surface area contributed by atoms with Crippen LogP contribution in [0.4, 0.5) is 0 Å². The van der Waals surface area contributed by atoms with Crippen LogP contribution >= 0.6 is 12.6 Å². The maximum atomic E-state index is 6.01. The summed E-state index contributed by atoms with van der Waals surface area (Å²) < 4.78 is 12.0. The molecule has 0 bridgehead atoms. The van der Waals surface area contributed by atoms with Gasteiger partial charge in [-0.1, -0.05) is 78.9 Å². The minimum Gasteiger partial charge on any atom is -0.493 e. The molecule has 4 heteroatoms. The van der Waals surface area contributed by atoms with Gasteiger partial charge in [-0.15, -0.1) is 0 Å². The van der Waals surface area contributed by atoms with Crippen LogP contribution in [0, 0.1) is 0 Å². The van der Waals surface area contributed by atoms with Crippen LogP contribution < -0.4 is 9.47 Å². The highest BCUT2D eigenvalue weighted by molar-refractivity contribution is 7.79. The van der Waals surface area contributed by atoms with E-state index in [4.69, 9.17) is 9.47 Å². The third-order valence-electron chi connectivity index (χ3n) is 5.91. The number of hydrogen-bond acceptors (Lipinski definition) is 4. The first-order valence-electron chi connectivity index (χ1n) is 12.9. The van der Waals surface area contributed by atoms with Crippen molar-refractivity contribution in [1.82, 2.24) is 4.98 Å². The maximum absolute atomic E-state index is 6.01. The van der Waals surface area contributed by atoms with Crippen LogP contribution in [-0.4, -0.2) is 18.2 Å². The van der Waals surface area contributed by atoms with Gasteiger partial charge in [0.1, 0.15) is 11.5 Å². The highest BCUT2D eigenvalue weighted by Gasteiger charge is 2.10. The molecule has 1 heterocycles. The minimum atomic E-state index is 0.573. The van der Waals surface area contributed by atoms with E-state index in [0.717, 1.165) is 45.1 Å². The molecule has 0 saturated carbocycles. The van der Waals surface area contributed by atoms with Gasteiger partial charge < -0.3 is 9.47 Å². The fourth-order valence-electron chi connectivity index (χ4n) is 3.92. The summed E-state index contributed by atoms with van der Waals surface area (Å²) in [6.45, 7) is 5.13. The predicted molar refractivity (Wildman–Crippen MR) is 165 cm³/mol. The number of thiol groups is 1. The summed E-state index contributed by atoms with van der Waals surface area (Å²) in [4.78, 5) is 4.09. The molecule has 0 N–H and O–H groups in total. The van der Waals surface area contributed by atoms with Crippen molar-refractivity contribution < 1.29 is 9.47 Å². The zero-order chi connectivity index (χ0) is 26.6. The smallest absolute Gasteiger partial charge is 0.130 e. The van der Waals surface area contributed by atoms with Crippen LogP contribution in [0.15, 0.2) is 85.2 Å². The molecule has 1 aromatic heterocycles. The molecule has 0 amide bonds. The lowest BCUT2D eigenvalue weighted by molar-refractivity contribution is 0.321. The Bertz CT molecular complexity index is 1360. The van der Waals surface area contributed by atoms with Crippen LogP contribution in [0.5, 0.6) is 11.5 Å². The predicted octanol–water partition coefficient (Wildman–Crippen LogP) is 8.82. The van der Waals surface area contributed by atoms with E-state index in [1.54, 1.807) is 12.4 Å². The van der Waals surface area contributed by atoms with E-state index < -0.39 is 0 Å². The lowest BCUT2D eigenvalue weighted by Crippen LogP contribution is -2.00. The summed E-state index contributed by atoms with van der Waals surface area (Å²) in [6.07, 6.45) is 16.1. The zero-order valence-corrected chi connectivity index (χ0v) is 22.8. The summed E-state index contributed by atoms with van der Waals surface area (Å²) in [5.41, 5.74) is 7.69. The molecular weight excluding hydrogens is 486 g/mol. The Morgan fingerprint density at radius 3 is 1.47 bits per heavy atom. The summed E-state index contributed by atoms with van der Waals surface area (Å²) >= 11 is 4.32. The summed E-state index contributed by atoms with van der Waals surface area (Å²) in [6, 6.07) is 25.0. The van der Waals surface area contributed by atoms with Crippen LogP contribution in [0.2, 0.25) is 0 Å². The highest BCUT2D eigenvalue weighted by atomic mass is 32.1. The van der Waals surface area contributed by atoms with Gasteiger partial charge >= 0.3 is 0 Å². The van der Waals surface area contributed by atoms with Gasteiger partial charge in [-0.25, -0.2) is 0 Å². The van der Waals surface area contributed by atoms with Gasteiger partial charge in [0.05, 0.1) is 18.8 Å². The Labute approximate surface area is 231 Å². The number of aromatic nitrogens is 1. The number of pyridine rings is 1. The van der Waals surface area contributed by atoms with Gasteiger partial charge in [0.25, 0.3) is 0 Å². The van der Waals surface area contributed by atoms with E-state index in [1.165, 1.54) is 11.1 Å². The average molecular weight is 520 g/mol. The summed E-state index contributed by atoms with van der Waals surface area (Å²) in [5, 5.41) is 0. The topological polar surface area (TPSA) is 31.4 Å². The Morgan fingerprint density at radius 2 is 1.00 bits per heavy atom. The first-order valence-corrected chi connectivity index (χ1v) is 13.5. The quantitative estimate of drug-likeness (QED) is 0.159. The number of rotatable bonds is 11. The molecule has 0 fully saturated rings. The van der Waals surface area contributed by atoms with Crippen molar-refractivity contribution in [3.8, 4) is 11.5 Å². The van der Waals surface area contributed by atoms with E-state index >= 15 is 0 Å².